The van der Waals surface area contributed by atoms with Gasteiger partial charge in [0.05, 0.1) is 16.9 Å². The van der Waals surface area contributed by atoms with Crippen LogP contribution in [0.1, 0.15) is 72.8 Å². The Kier molecular flexibility index (Phi) is 10.4. The molecule has 0 radical (unpaired) electrons. The van der Waals surface area contributed by atoms with Crippen molar-refractivity contribution in [1.82, 2.24) is 0 Å². The number of rotatable bonds is 8. The zero-order chi connectivity index (χ0) is 21.9. The number of benzene rings is 1. The van der Waals surface area contributed by atoms with Gasteiger partial charge in [-0.25, -0.2) is 0 Å². The molecule has 1 unspecified atom stereocenters. The number of hydrogen-bond donors (Lipinski definition) is 0. The molecule has 5 nitrogen and oxygen atoms in total. The minimum atomic E-state index is -0.380. The summed E-state index contributed by atoms with van der Waals surface area (Å²) in [4.78, 5) is 23.2. The second-order valence-corrected chi connectivity index (χ2v) is 8.77. The number of carbonyl (C=O) groups excluding carboxylic acids is 2. The van der Waals surface area contributed by atoms with Crippen LogP contribution in [0.15, 0.2) is 30.3 Å². The molecule has 0 bridgehead atoms. The summed E-state index contributed by atoms with van der Waals surface area (Å²) in [6.07, 6.45) is 3.82. The lowest BCUT2D eigenvalue weighted by Gasteiger charge is -2.21. The maximum atomic E-state index is 11.6. The maximum Gasteiger partial charge on any atom is 0.311 e. The molecule has 1 heterocycles. The molecule has 1 fully saturated rings. The Bertz CT molecular complexity index is 615. The van der Waals surface area contributed by atoms with Crippen molar-refractivity contribution in [2.24, 2.45) is 10.8 Å². The van der Waals surface area contributed by atoms with E-state index >= 15 is 0 Å². The number of carbonyl (C=O) groups is 2. The van der Waals surface area contributed by atoms with Gasteiger partial charge in [0.1, 0.15) is 13.2 Å². The van der Waals surface area contributed by atoms with Gasteiger partial charge in [-0.3, -0.25) is 9.59 Å². The summed E-state index contributed by atoms with van der Waals surface area (Å²) in [6, 6.07) is 9.72. The van der Waals surface area contributed by atoms with E-state index in [0.717, 1.165) is 37.9 Å². The molecule has 1 atom stereocenters. The molecule has 164 valence electrons. The van der Waals surface area contributed by atoms with Crippen LogP contribution in [0.4, 0.5) is 0 Å². The summed E-state index contributed by atoms with van der Waals surface area (Å²) >= 11 is 0. The summed E-state index contributed by atoms with van der Waals surface area (Å²) in [5, 5.41) is 0. The van der Waals surface area contributed by atoms with Crippen LogP contribution in [0.5, 0.6) is 0 Å². The van der Waals surface area contributed by atoms with Crippen LogP contribution in [0.25, 0.3) is 0 Å². The van der Waals surface area contributed by atoms with Crippen LogP contribution in [0, 0.1) is 10.8 Å². The molecule has 0 aromatic heterocycles. The fourth-order valence-corrected chi connectivity index (χ4v) is 2.35. The van der Waals surface area contributed by atoms with Gasteiger partial charge in [0.15, 0.2) is 0 Å². The average molecular weight is 407 g/mol. The normalized spacial score (nSPS) is 16.6. The number of esters is 2. The molecule has 0 N–H and O–H groups in total. The highest BCUT2D eigenvalue weighted by molar-refractivity contribution is 5.76. The van der Waals surface area contributed by atoms with Crippen molar-refractivity contribution in [1.29, 1.82) is 0 Å². The van der Waals surface area contributed by atoms with E-state index in [1.807, 2.05) is 71.9 Å². The van der Waals surface area contributed by atoms with Gasteiger partial charge in [-0.2, -0.15) is 0 Å². The van der Waals surface area contributed by atoms with Gasteiger partial charge in [0.2, 0.25) is 0 Å². The maximum absolute atomic E-state index is 11.6. The topological polar surface area (TPSA) is 61.8 Å². The summed E-state index contributed by atoms with van der Waals surface area (Å²) in [5.74, 6) is -0.246. The molecule has 0 aliphatic carbocycles. The molecule has 1 aliphatic heterocycles. The number of hydrogen-bond acceptors (Lipinski definition) is 5. The average Bonchev–Trinajstić information content (AvgIpc) is 3.25. The van der Waals surface area contributed by atoms with Gasteiger partial charge in [-0.15, -0.1) is 0 Å². The van der Waals surface area contributed by atoms with Gasteiger partial charge >= 0.3 is 11.9 Å². The van der Waals surface area contributed by atoms with Crippen LogP contribution in [-0.2, 0) is 30.4 Å². The van der Waals surface area contributed by atoms with Gasteiger partial charge < -0.3 is 14.2 Å². The van der Waals surface area contributed by atoms with Crippen molar-refractivity contribution >= 4 is 11.9 Å². The second-order valence-electron chi connectivity index (χ2n) is 8.77. The third-order valence-electron chi connectivity index (χ3n) is 5.51. The highest BCUT2D eigenvalue weighted by atomic mass is 16.6. The van der Waals surface area contributed by atoms with Crippen LogP contribution in [-0.4, -0.2) is 31.3 Å². The first kappa shape index (κ1) is 25.2. The Morgan fingerprint density at radius 1 is 0.966 bits per heavy atom. The van der Waals surface area contributed by atoms with E-state index in [-0.39, 0.29) is 28.9 Å². The molecular weight excluding hydrogens is 368 g/mol. The van der Waals surface area contributed by atoms with Crippen molar-refractivity contribution in [3.8, 4) is 0 Å². The van der Waals surface area contributed by atoms with Gasteiger partial charge in [-0.1, -0.05) is 44.2 Å². The highest BCUT2D eigenvalue weighted by Crippen LogP contribution is 2.23. The van der Waals surface area contributed by atoms with Crippen molar-refractivity contribution in [3.63, 3.8) is 0 Å². The fourth-order valence-electron chi connectivity index (χ4n) is 2.35. The van der Waals surface area contributed by atoms with Crippen molar-refractivity contribution in [3.05, 3.63) is 35.9 Å². The molecule has 0 amide bonds. The Hall–Kier alpha value is -1.88. The Balaban J connectivity index is 0.000000291. The lowest BCUT2D eigenvalue weighted by Crippen LogP contribution is -2.28. The van der Waals surface area contributed by atoms with E-state index in [4.69, 9.17) is 14.2 Å². The predicted octanol–water partition coefficient (Wildman–Crippen LogP) is 5.31. The van der Waals surface area contributed by atoms with E-state index in [2.05, 4.69) is 0 Å². The molecule has 2 rings (SSSR count). The summed E-state index contributed by atoms with van der Waals surface area (Å²) < 4.78 is 15.8. The molecule has 29 heavy (non-hydrogen) atoms. The zero-order valence-electron chi connectivity index (χ0n) is 19.0. The standard InChI is InChI=1S/C13H18O2.C11H20O3/c1-4-13(2,3)12(14)15-10-11-8-6-5-7-9-11;1-4-11(2,3)10(12)14-8-9-6-5-7-13-9/h5-9H,4,10H2,1-3H3;9H,4-8H2,1-3H3. The Morgan fingerprint density at radius 2 is 1.52 bits per heavy atom. The van der Waals surface area contributed by atoms with Gasteiger partial charge in [0, 0.05) is 6.61 Å². The number of ether oxygens (including phenoxy) is 3. The lowest BCUT2D eigenvalue weighted by atomic mass is 9.91. The molecule has 1 aliphatic rings. The van der Waals surface area contributed by atoms with Gasteiger partial charge in [0.25, 0.3) is 0 Å². The molecule has 1 aromatic rings. The first-order chi connectivity index (χ1) is 13.6. The van der Waals surface area contributed by atoms with E-state index in [0.29, 0.717) is 13.2 Å². The largest absolute Gasteiger partial charge is 0.463 e. The second kappa shape index (κ2) is 12.0. The van der Waals surface area contributed by atoms with E-state index in [1.165, 1.54) is 0 Å². The molecule has 1 saturated heterocycles. The molecular formula is C24H38O5. The fraction of sp³-hybridized carbons (Fsp3) is 0.667. The summed E-state index contributed by atoms with van der Waals surface area (Å²) in [5.41, 5.74) is 0.283. The highest BCUT2D eigenvalue weighted by Gasteiger charge is 2.28. The molecule has 0 spiro atoms. The van der Waals surface area contributed by atoms with Crippen LogP contribution in [0.3, 0.4) is 0 Å². The first-order valence-corrected chi connectivity index (χ1v) is 10.6. The quantitative estimate of drug-likeness (QED) is 0.548. The van der Waals surface area contributed by atoms with E-state index < -0.39 is 0 Å². The van der Waals surface area contributed by atoms with Crippen LogP contribution >= 0.6 is 0 Å². The third kappa shape index (κ3) is 8.99. The molecule has 0 saturated carbocycles. The van der Waals surface area contributed by atoms with Crippen molar-refractivity contribution < 1.29 is 23.8 Å². The summed E-state index contributed by atoms with van der Waals surface area (Å²) in [7, 11) is 0. The van der Waals surface area contributed by atoms with Crippen molar-refractivity contribution in [2.45, 2.75) is 79.9 Å². The predicted molar refractivity (Wildman–Crippen MR) is 114 cm³/mol. The smallest absolute Gasteiger partial charge is 0.311 e. The third-order valence-corrected chi connectivity index (χ3v) is 5.51. The van der Waals surface area contributed by atoms with Gasteiger partial charge in [-0.05, 0) is 58.9 Å². The monoisotopic (exact) mass is 406 g/mol. The summed E-state index contributed by atoms with van der Waals surface area (Å²) in [6.45, 7) is 13.2. The van der Waals surface area contributed by atoms with E-state index in [9.17, 15) is 9.59 Å². The zero-order valence-corrected chi connectivity index (χ0v) is 19.0. The van der Waals surface area contributed by atoms with E-state index in [1.54, 1.807) is 0 Å². The minimum Gasteiger partial charge on any atom is -0.463 e. The Morgan fingerprint density at radius 3 is 2.00 bits per heavy atom. The molecule has 1 aromatic carbocycles. The van der Waals surface area contributed by atoms with Crippen LogP contribution < -0.4 is 0 Å². The Labute approximate surface area is 176 Å². The van der Waals surface area contributed by atoms with Crippen LogP contribution in [0.2, 0.25) is 0 Å². The minimum absolute atomic E-state index is 0.115. The first-order valence-electron chi connectivity index (χ1n) is 10.6. The molecule has 5 heteroatoms. The van der Waals surface area contributed by atoms with Crippen molar-refractivity contribution in [2.75, 3.05) is 13.2 Å². The lowest BCUT2D eigenvalue weighted by molar-refractivity contribution is -0.157. The SMILES string of the molecule is CCC(C)(C)C(=O)OCC1CCCO1.CCC(C)(C)C(=O)OCc1ccccc1.